The lowest BCUT2D eigenvalue weighted by atomic mass is 9.93. The summed E-state index contributed by atoms with van der Waals surface area (Å²) in [5, 5.41) is 0. The zero-order valence-corrected chi connectivity index (χ0v) is 17.1. The highest BCUT2D eigenvalue weighted by Crippen LogP contribution is 2.24. The second-order valence-electron chi connectivity index (χ2n) is 8.09. The van der Waals surface area contributed by atoms with Crippen molar-refractivity contribution in [2.24, 2.45) is 5.92 Å². The fraction of sp³-hybridized carbons (Fsp3) is 0.619. The molecule has 1 saturated heterocycles. The third-order valence-corrected chi connectivity index (χ3v) is 4.69. The molecule has 27 heavy (non-hydrogen) atoms. The van der Waals surface area contributed by atoms with Crippen LogP contribution in [0.3, 0.4) is 0 Å². The van der Waals surface area contributed by atoms with E-state index < -0.39 is 5.60 Å². The number of amides is 2. The second kappa shape index (κ2) is 9.11. The second-order valence-corrected chi connectivity index (χ2v) is 8.09. The lowest BCUT2D eigenvalue weighted by molar-refractivity contribution is -0.000836. The molecule has 0 radical (unpaired) electrons. The van der Waals surface area contributed by atoms with Crippen molar-refractivity contribution in [2.45, 2.75) is 59.3 Å². The summed E-state index contributed by atoms with van der Waals surface area (Å²) in [5.41, 5.74) is 0.450. The molecule has 2 amide bonds. The Labute approximate surface area is 162 Å². The van der Waals surface area contributed by atoms with Crippen LogP contribution in [0.2, 0.25) is 0 Å². The Bertz CT molecular complexity index is 627. The number of carbonyl (C=O) groups is 2. The lowest BCUT2D eigenvalue weighted by Gasteiger charge is -2.42. The Morgan fingerprint density at radius 3 is 2.44 bits per heavy atom. The van der Waals surface area contributed by atoms with E-state index in [1.807, 2.05) is 58.0 Å². The summed E-state index contributed by atoms with van der Waals surface area (Å²) < 4.78 is 11.0. The molecule has 1 aliphatic rings. The van der Waals surface area contributed by atoms with Gasteiger partial charge in [0.15, 0.2) is 0 Å². The van der Waals surface area contributed by atoms with E-state index in [-0.39, 0.29) is 30.8 Å². The van der Waals surface area contributed by atoms with Gasteiger partial charge in [-0.25, -0.2) is 9.59 Å². The fourth-order valence-corrected chi connectivity index (χ4v) is 3.39. The van der Waals surface area contributed by atoms with Crippen LogP contribution in [0.25, 0.3) is 0 Å². The number of likely N-dealkylation sites (tertiary alicyclic amines) is 1. The average molecular weight is 376 g/mol. The van der Waals surface area contributed by atoms with Crippen LogP contribution in [0.5, 0.6) is 0 Å². The predicted molar refractivity (Wildman–Crippen MR) is 104 cm³/mol. The fourth-order valence-electron chi connectivity index (χ4n) is 3.39. The first kappa shape index (κ1) is 21.1. The zero-order chi connectivity index (χ0) is 20.0. The topological polar surface area (TPSA) is 59.1 Å². The monoisotopic (exact) mass is 376 g/mol. The molecule has 0 bridgehead atoms. The largest absolute Gasteiger partial charge is 0.445 e. The van der Waals surface area contributed by atoms with E-state index in [9.17, 15) is 9.59 Å². The van der Waals surface area contributed by atoms with E-state index >= 15 is 0 Å². The molecular formula is C21H32N2O4. The number of rotatable bonds is 4. The van der Waals surface area contributed by atoms with Gasteiger partial charge >= 0.3 is 12.2 Å². The molecule has 1 aliphatic heterocycles. The normalized spacial score (nSPS) is 20.1. The first-order valence-electron chi connectivity index (χ1n) is 9.66. The number of benzene rings is 1. The summed E-state index contributed by atoms with van der Waals surface area (Å²) in [7, 11) is 0. The van der Waals surface area contributed by atoms with Crippen molar-refractivity contribution < 1.29 is 19.1 Å². The first-order chi connectivity index (χ1) is 12.7. The molecule has 2 rings (SSSR count). The van der Waals surface area contributed by atoms with Crippen molar-refractivity contribution in [3.63, 3.8) is 0 Å². The van der Waals surface area contributed by atoms with E-state index in [4.69, 9.17) is 9.47 Å². The molecule has 6 heteroatoms. The molecule has 1 fully saturated rings. The Hall–Kier alpha value is -2.24. The number of nitrogens with zero attached hydrogens (tertiary/aromatic N) is 2. The minimum atomic E-state index is -0.518. The van der Waals surface area contributed by atoms with E-state index in [0.29, 0.717) is 26.1 Å². The number of carbonyl (C=O) groups excluding carboxylic acids is 2. The molecule has 150 valence electrons. The molecule has 1 aromatic rings. The summed E-state index contributed by atoms with van der Waals surface area (Å²) in [6, 6.07) is 9.70. The molecule has 1 heterocycles. The highest BCUT2D eigenvalue weighted by Gasteiger charge is 2.36. The summed E-state index contributed by atoms with van der Waals surface area (Å²) in [6.07, 6.45) is 0.126. The Morgan fingerprint density at radius 1 is 1.22 bits per heavy atom. The standard InChI is InChI=1S/C21H32N2O4/c1-6-23(20(25)27-21(3,4)5)18-12-13-22(14-16(18)2)19(24)26-15-17-10-8-7-9-11-17/h7-11,16,18H,6,12-15H2,1-5H3. The van der Waals surface area contributed by atoms with Crippen molar-refractivity contribution in [1.29, 1.82) is 0 Å². The minimum Gasteiger partial charge on any atom is -0.445 e. The van der Waals surface area contributed by atoms with Crippen molar-refractivity contribution in [1.82, 2.24) is 9.80 Å². The van der Waals surface area contributed by atoms with Gasteiger partial charge in [0.2, 0.25) is 0 Å². The molecule has 0 aromatic heterocycles. The SMILES string of the molecule is CCN(C(=O)OC(C)(C)C)C1CCN(C(=O)OCc2ccccc2)CC1C. The van der Waals surface area contributed by atoms with Gasteiger partial charge in [0.1, 0.15) is 12.2 Å². The van der Waals surface area contributed by atoms with Gasteiger partial charge in [-0.3, -0.25) is 0 Å². The molecule has 6 nitrogen and oxygen atoms in total. The van der Waals surface area contributed by atoms with Crippen molar-refractivity contribution in [3.05, 3.63) is 35.9 Å². The predicted octanol–water partition coefficient (Wildman–Crippen LogP) is 4.29. The van der Waals surface area contributed by atoms with Crippen LogP contribution in [0.1, 0.15) is 46.6 Å². The number of hydrogen-bond donors (Lipinski definition) is 0. The molecule has 2 unspecified atom stereocenters. The third-order valence-electron chi connectivity index (χ3n) is 4.69. The lowest BCUT2D eigenvalue weighted by Crippen LogP contribution is -2.54. The molecule has 0 aliphatic carbocycles. The third kappa shape index (κ3) is 6.15. The first-order valence-corrected chi connectivity index (χ1v) is 9.66. The van der Waals surface area contributed by atoms with E-state index in [1.165, 1.54) is 0 Å². The zero-order valence-electron chi connectivity index (χ0n) is 17.1. The quantitative estimate of drug-likeness (QED) is 0.786. The van der Waals surface area contributed by atoms with Crippen molar-refractivity contribution in [3.8, 4) is 0 Å². The maximum Gasteiger partial charge on any atom is 0.410 e. The number of piperidine rings is 1. The maximum absolute atomic E-state index is 12.5. The van der Waals surface area contributed by atoms with Crippen molar-refractivity contribution in [2.75, 3.05) is 19.6 Å². The Kier molecular flexibility index (Phi) is 7.11. The molecular weight excluding hydrogens is 344 g/mol. The smallest absolute Gasteiger partial charge is 0.410 e. The molecule has 0 N–H and O–H groups in total. The molecule has 2 atom stereocenters. The number of ether oxygens (including phenoxy) is 2. The van der Waals surface area contributed by atoms with Crippen LogP contribution >= 0.6 is 0 Å². The van der Waals surface area contributed by atoms with Gasteiger partial charge in [-0.1, -0.05) is 37.3 Å². The van der Waals surface area contributed by atoms with Gasteiger partial charge in [0, 0.05) is 25.7 Å². The summed E-state index contributed by atoms with van der Waals surface area (Å²) in [6.45, 7) is 11.6. The summed E-state index contributed by atoms with van der Waals surface area (Å²) in [5.74, 6) is 0.149. The van der Waals surface area contributed by atoms with Crippen molar-refractivity contribution >= 4 is 12.2 Å². The highest BCUT2D eigenvalue weighted by molar-refractivity contribution is 5.69. The van der Waals surface area contributed by atoms with Gasteiger partial charge in [0.05, 0.1) is 0 Å². The minimum absolute atomic E-state index is 0.0584. The maximum atomic E-state index is 12.5. The van der Waals surface area contributed by atoms with E-state index in [1.54, 1.807) is 9.80 Å². The van der Waals surface area contributed by atoms with Crippen LogP contribution in [0.15, 0.2) is 30.3 Å². The van der Waals surface area contributed by atoms with Crippen LogP contribution in [-0.4, -0.2) is 53.3 Å². The van der Waals surface area contributed by atoms with Gasteiger partial charge in [-0.15, -0.1) is 0 Å². The molecule has 0 saturated carbocycles. The van der Waals surface area contributed by atoms with Gasteiger partial charge in [-0.2, -0.15) is 0 Å². The van der Waals surface area contributed by atoms with E-state index in [0.717, 1.165) is 5.56 Å². The van der Waals surface area contributed by atoms with Gasteiger partial charge in [0.25, 0.3) is 0 Å². The van der Waals surface area contributed by atoms with Crippen LogP contribution < -0.4 is 0 Å². The van der Waals surface area contributed by atoms with Gasteiger partial charge in [-0.05, 0) is 45.6 Å². The summed E-state index contributed by atoms with van der Waals surface area (Å²) >= 11 is 0. The average Bonchev–Trinajstić information content (AvgIpc) is 2.61. The van der Waals surface area contributed by atoms with Crippen LogP contribution in [0.4, 0.5) is 9.59 Å². The Balaban J connectivity index is 1.90. The summed E-state index contributed by atoms with van der Waals surface area (Å²) in [4.78, 5) is 28.4. The van der Waals surface area contributed by atoms with E-state index in [2.05, 4.69) is 6.92 Å². The molecule has 1 aromatic carbocycles. The molecule has 0 spiro atoms. The Morgan fingerprint density at radius 2 is 1.89 bits per heavy atom. The number of hydrogen-bond acceptors (Lipinski definition) is 4. The highest BCUT2D eigenvalue weighted by atomic mass is 16.6. The van der Waals surface area contributed by atoms with Crippen LogP contribution in [0, 0.1) is 5.92 Å². The van der Waals surface area contributed by atoms with Crippen LogP contribution in [-0.2, 0) is 16.1 Å². The van der Waals surface area contributed by atoms with Gasteiger partial charge < -0.3 is 19.3 Å².